The molecule has 0 saturated carbocycles. The van der Waals surface area contributed by atoms with Gasteiger partial charge in [0.2, 0.25) is 0 Å². The van der Waals surface area contributed by atoms with Crippen LogP contribution < -0.4 is 25.0 Å². The Balaban J connectivity index is 1.90. The van der Waals surface area contributed by atoms with Gasteiger partial charge in [-0.15, -0.1) is 0 Å². The third-order valence-corrected chi connectivity index (χ3v) is 4.17. The van der Waals surface area contributed by atoms with Crippen molar-refractivity contribution in [1.82, 2.24) is 0 Å². The van der Waals surface area contributed by atoms with Crippen molar-refractivity contribution in [3.8, 4) is 11.5 Å². The molecule has 1 atom stereocenters. The van der Waals surface area contributed by atoms with E-state index in [-0.39, 0.29) is 30.7 Å². The number of nitrogens with one attached hydrogen (secondary N) is 3. The number of para-hydroxylation sites is 2. The minimum absolute atomic E-state index is 0.00856. The lowest BCUT2D eigenvalue weighted by Crippen LogP contribution is -3.14. The van der Waals surface area contributed by atoms with Crippen molar-refractivity contribution in [3.63, 3.8) is 0 Å². The van der Waals surface area contributed by atoms with Crippen LogP contribution in [-0.4, -0.2) is 45.2 Å². The summed E-state index contributed by atoms with van der Waals surface area (Å²) in [5.74, 6) is 0.0458. The van der Waals surface area contributed by atoms with Crippen molar-refractivity contribution in [3.05, 3.63) is 48.5 Å². The Labute approximate surface area is 174 Å². The molecule has 3 N–H and O–H groups in total. The Bertz CT molecular complexity index is 831. The van der Waals surface area contributed by atoms with Crippen LogP contribution in [0, 0.1) is 0 Å². The number of anilines is 2. The summed E-state index contributed by atoms with van der Waals surface area (Å²) in [7, 11) is 1.52. The zero-order valence-corrected chi connectivity index (χ0v) is 16.9. The molecule has 2 rings (SSSR count). The summed E-state index contributed by atoms with van der Waals surface area (Å²) < 4.78 is 33.9. The van der Waals surface area contributed by atoms with Gasteiger partial charge in [-0.1, -0.05) is 19.1 Å². The number of alkyl halides is 2. The van der Waals surface area contributed by atoms with Crippen molar-refractivity contribution in [1.29, 1.82) is 0 Å². The zero-order chi connectivity index (χ0) is 21.9. The highest BCUT2D eigenvalue weighted by Crippen LogP contribution is 2.22. The number of hydrogen-bond donors (Lipinski definition) is 3. The summed E-state index contributed by atoms with van der Waals surface area (Å²) in [6, 6.07) is 12.7. The number of quaternary nitrogens is 1. The van der Waals surface area contributed by atoms with Crippen LogP contribution >= 0.6 is 0 Å². The van der Waals surface area contributed by atoms with E-state index in [2.05, 4.69) is 15.4 Å². The van der Waals surface area contributed by atoms with Gasteiger partial charge in [-0.05, 0) is 42.8 Å². The van der Waals surface area contributed by atoms with Gasteiger partial charge in [0.15, 0.2) is 13.1 Å². The monoisotopic (exact) mass is 422 g/mol. The van der Waals surface area contributed by atoms with E-state index in [9.17, 15) is 18.4 Å². The van der Waals surface area contributed by atoms with Gasteiger partial charge in [0, 0.05) is 5.69 Å². The van der Waals surface area contributed by atoms with Crippen molar-refractivity contribution >= 4 is 23.2 Å². The molecule has 0 saturated heterocycles. The van der Waals surface area contributed by atoms with Gasteiger partial charge in [0.05, 0.1) is 19.3 Å². The highest BCUT2D eigenvalue weighted by atomic mass is 19.3. The average Bonchev–Trinajstić information content (AvgIpc) is 2.69. The number of methoxy groups -OCH3 is 1. The molecule has 0 spiro atoms. The maximum atomic E-state index is 12.4. The van der Waals surface area contributed by atoms with Gasteiger partial charge in [0.25, 0.3) is 11.8 Å². The standard InChI is InChI=1S/C21H25F2N3O4/c1-3-12-26(14-20(28)25-17-6-4-5-7-18(17)29-2)13-19(27)24-15-8-10-16(11-9-15)30-21(22)23/h4-11,21H,3,12-14H2,1-2H3,(H,24,27)(H,25,28)/p+1. The van der Waals surface area contributed by atoms with Crippen molar-refractivity contribution in [2.45, 2.75) is 20.0 Å². The molecular formula is C21H26F2N3O4+. The second kappa shape index (κ2) is 11.7. The largest absolute Gasteiger partial charge is 0.495 e. The predicted octanol–water partition coefficient (Wildman–Crippen LogP) is 2.17. The van der Waals surface area contributed by atoms with E-state index in [0.29, 0.717) is 23.7 Å². The highest BCUT2D eigenvalue weighted by molar-refractivity contribution is 5.94. The van der Waals surface area contributed by atoms with E-state index in [4.69, 9.17) is 4.74 Å². The molecule has 30 heavy (non-hydrogen) atoms. The second-order valence-electron chi connectivity index (χ2n) is 6.55. The lowest BCUT2D eigenvalue weighted by Gasteiger charge is -2.18. The van der Waals surface area contributed by atoms with Crippen LogP contribution in [0.1, 0.15) is 13.3 Å². The summed E-state index contributed by atoms with van der Waals surface area (Å²) in [5, 5.41) is 5.50. The molecule has 7 nitrogen and oxygen atoms in total. The molecule has 0 aliphatic heterocycles. The predicted molar refractivity (Wildman–Crippen MR) is 109 cm³/mol. The topological polar surface area (TPSA) is 81.1 Å². The number of ether oxygens (including phenoxy) is 2. The molecule has 0 bridgehead atoms. The third-order valence-electron chi connectivity index (χ3n) is 4.17. The van der Waals surface area contributed by atoms with Gasteiger partial charge < -0.3 is 25.0 Å². The van der Waals surface area contributed by atoms with Crippen LogP contribution in [0.4, 0.5) is 20.2 Å². The van der Waals surface area contributed by atoms with Gasteiger partial charge in [-0.25, -0.2) is 0 Å². The lowest BCUT2D eigenvalue weighted by molar-refractivity contribution is -0.883. The van der Waals surface area contributed by atoms with Gasteiger partial charge in [0.1, 0.15) is 11.5 Å². The molecule has 162 valence electrons. The molecule has 2 amide bonds. The fraction of sp³-hybridized carbons (Fsp3) is 0.333. The first-order valence-electron chi connectivity index (χ1n) is 9.52. The normalized spacial score (nSPS) is 11.6. The number of carbonyl (C=O) groups is 2. The first-order valence-corrected chi connectivity index (χ1v) is 9.52. The molecule has 0 radical (unpaired) electrons. The van der Waals surface area contributed by atoms with Crippen LogP contribution in [-0.2, 0) is 9.59 Å². The van der Waals surface area contributed by atoms with E-state index in [1.165, 1.54) is 31.4 Å². The minimum atomic E-state index is -2.90. The fourth-order valence-corrected chi connectivity index (χ4v) is 2.91. The van der Waals surface area contributed by atoms with Crippen LogP contribution in [0.3, 0.4) is 0 Å². The fourth-order valence-electron chi connectivity index (χ4n) is 2.91. The van der Waals surface area contributed by atoms with Crippen LogP contribution in [0.25, 0.3) is 0 Å². The molecular weight excluding hydrogens is 396 g/mol. The van der Waals surface area contributed by atoms with Crippen molar-refractivity contribution in [2.75, 3.05) is 37.4 Å². The number of halogens is 2. The van der Waals surface area contributed by atoms with E-state index < -0.39 is 6.61 Å². The summed E-state index contributed by atoms with van der Waals surface area (Å²) >= 11 is 0. The highest BCUT2D eigenvalue weighted by Gasteiger charge is 2.19. The maximum absolute atomic E-state index is 12.4. The number of amides is 2. The van der Waals surface area contributed by atoms with Crippen LogP contribution in [0.15, 0.2) is 48.5 Å². The lowest BCUT2D eigenvalue weighted by atomic mass is 10.3. The molecule has 0 fully saturated rings. The molecule has 9 heteroatoms. The van der Waals surface area contributed by atoms with Crippen LogP contribution in [0.2, 0.25) is 0 Å². The summed E-state index contributed by atoms with van der Waals surface area (Å²) in [5.41, 5.74) is 1.02. The molecule has 0 aromatic heterocycles. The summed E-state index contributed by atoms with van der Waals surface area (Å²) in [6.07, 6.45) is 0.796. The first kappa shape index (κ1) is 23.1. The number of carbonyl (C=O) groups excluding carboxylic acids is 2. The molecule has 2 aromatic carbocycles. The first-order chi connectivity index (χ1) is 14.4. The molecule has 2 aromatic rings. The van der Waals surface area contributed by atoms with Gasteiger partial charge >= 0.3 is 6.61 Å². The molecule has 0 aliphatic carbocycles. The molecule has 1 unspecified atom stereocenters. The van der Waals surface area contributed by atoms with E-state index in [1.807, 2.05) is 6.92 Å². The molecule has 0 heterocycles. The smallest absolute Gasteiger partial charge is 0.387 e. The average molecular weight is 422 g/mol. The number of hydrogen-bond acceptors (Lipinski definition) is 4. The minimum Gasteiger partial charge on any atom is -0.495 e. The molecule has 0 aliphatic rings. The quantitative estimate of drug-likeness (QED) is 0.519. The zero-order valence-electron chi connectivity index (χ0n) is 16.9. The Morgan fingerprint density at radius 1 is 1.00 bits per heavy atom. The number of rotatable bonds is 11. The van der Waals surface area contributed by atoms with E-state index in [0.717, 1.165) is 11.3 Å². The van der Waals surface area contributed by atoms with Crippen molar-refractivity contribution < 1.29 is 32.7 Å². The maximum Gasteiger partial charge on any atom is 0.387 e. The SMILES string of the molecule is CCC[NH+](CC(=O)Nc1ccc(OC(F)F)cc1)CC(=O)Nc1ccccc1OC. The Morgan fingerprint density at radius 3 is 2.23 bits per heavy atom. The Hall–Kier alpha value is -3.20. The second-order valence-corrected chi connectivity index (χ2v) is 6.55. The van der Waals surface area contributed by atoms with Gasteiger partial charge in [-0.2, -0.15) is 8.78 Å². The van der Waals surface area contributed by atoms with E-state index >= 15 is 0 Å². The van der Waals surface area contributed by atoms with Crippen LogP contribution in [0.5, 0.6) is 11.5 Å². The summed E-state index contributed by atoms with van der Waals surface area (Å²) in [6.45, 7) is -0.104. The number of benzene rings is 2. The Kier molecular flexibility index (Phi) is 9.02. The third kappa shape index (κ3) is 7.67. The van der Waals surface area contributed by atoms with Crippen molar-refractivity contribution in [2.24, 2.45) is 0 Å². The van der Waals surface area contributed by atoms with E-state index in [1.54, 1.807) is 24.3 Å². The Morgan fingerprint density at radius 2 is 1.63 bits per heavy atom. The summed E-state index contributed by atoms with van der Waals surface area (Å²) in [4.78, 5) is 25.6. The van der Waals surface area contributed by atoms with Gasteiger partial charge in [-0.3, -0.25) is 9.59 Å².